The highest BCUT2D eigenvalue weighted by Crippen LogP contribution is 2.04. The molecule has 0 aliphatic carbocycles. The Balaban J connectivity index is 2.57. The number of Topliss-reactive ketones (excluding diaryl/α,β-unsaturated/α-hetero) is 1. The first kappa shape index (κ1) is 5.68. The highest BCUT2D eigenvalue weighted by atomic mass is 16.6. The Labute approximate surface area is 45.7 Å². The molecule has 0 spiro atoms. The summed E-state index contributed by atoms with van der Waals surface area (Å²) in [5.74, 6) is -0.648. The summed E-state index contributed by atoms with van der Waals surface area (Å²) < 4.78 is 4.33. The molecule has 0 bridgehead atoms. The van der Waals surface area contributed by atoms with Crippen LogP contribution in [0, 0.1) is 0 Å². The van der Waals surface area contributed by atoms with E-state index in [0.29, 0.717) is 0 Å². The Morgan fingerprint density at radius 3 is 2.38 bits per heavy atom. The predicted molar refractivity (Wildman–Crippen MR) is 23.0 cm³/mol. The van der Waals surface area contributed by atoms with E-state index in [1.165, 1.54) is 0 Å². The summed E-state index contributed by atoms with van der Waals surface area (Å²) in [5.41, 5.74) is 0. The fourth-order valence-corrected chi connectivity index (χ4v) is 0.511. The molecule has 1 heterocycles. The fraction of sp³-hybridized carbons (Fsp3) is 0.750. The highest BCUT2D eigenvalue weighted by molar-refractivity contribution is 5.87. The van der Waals surface area contributed by atoms with Gasteiger partial charge < -0.3 is 14.9 Å². The van der Waals surface area contributed by atoms with Crippen molar-refractivity contribution in [3.05, 3.63) is 0 Å². The number of aliphatic hydroxyl groups is 2. The Bertz CT molecular complexity index is 98.6. The first-order valence-electron chi connectivity index (χ1n) is 2.23. The lowest BCUT2D eigenvalue weighted by Crippen LogP contribution is -2.22. The number of carbonyl (C=O) groups excluding carboxylic acids is 1. The van der Waals surface area contributed by atoms with E-state index in [4.69, 9.17) is 10.2 Å². The van der Waals surface area contributed by atoms with Crippen LogP contribution in [0.5, 0.6) is 0 Å². The van der Waals surface area contributed by atoms with Gasteiger partial charge in [-0.25, -0.2) is 0 Å². The summed E-state index contributed by atoms with van der Waals surface area (Å²) in [6, 6.07) is 0. The third kappa shape index (κ3) is 0.730. The van der Waals surface area contributed by atoms with Gasteiger partial charge in [0.05, 0.1) is 6.61 Å². The zero-order valence-corrected chi connectivity index (χ0v) is 4.07. The molecule has 0 aromatic rings. The quantitative estimate of drug-likeness (QED) is 0.396. The topological polar surface area (TPSA) is 66.8 Å². The largest absolute Gasteiger partial charge is 0.383 e. The van der Waals surface area contributed by atoms with E-state index in [0.717, 1.165) is 0 Å². The molecule has 0 saturated carbocycles. The Morgan fingerprint density at radius 2 is 2.25 bits per heavy atom. The van der Waals surface area contributed by atoms with E-state index in [-0.39, 0.29) is 6.61 Å². The molecular formula is C4H6O4. The third-order valence-electron chi connectivity index (χ3n) is 0.984. The molecule has 0 radical (unpaired) electrons. The molecule has 0 amide bonds. The van der Waals surface area contributed by atoms with E-state index >= 15 is 0 Å². The maximum absolute atomic E-state index is 10.3. The van der Waals surface area contributed by atoms with Gasteiger partial charge in [-0.15, -0.1) is 0 Å². The average Bonchev–Trinajstić information content (AvgIpc) is 1.98. The molecule has 1 saturated heterocycles. The second-order valence-corrected chi connectivity index (χ2v) is 1.60. The molecule has 1 fully saturated rings. The maximum atomic E-state index is 10.3. The van der Waals surface area contributed by atoms with Gasteiger partial charge in [0.15, 0.2) is 0 Å². The Kier molecular flexibility index (Phi) is 1.29. The van der Waals surface area contributed by atoms with Crippen LogP contribution >= 0.6 is 0 Å². The average molecular weight is 118 g/mol. The van der Waals surface area contributed by atoms with Crippen LogP contribution < -0.4 is 0 Å². The van der Waals surface area contributed by atoms with Crippen LogP contribution in [0.4, 0.5) is 0 Å². The molecule has 1 rings (SSSR count). The minimum atomic E-state index is -1.40. The Hall–Kier alpha value is -0.450. The first-order valence-corrected chi connectivity index (χ1v) is 2.23. The van der Waals surface area contributed by atoms with E-state index in [2.05, 4.69) is 4.74 Å². The number of hydrogen-bond donors (Lipinski definition) is 2. The van der Waals surface area contributed by atoms with Crippen LogP contribution in [-0.4, -0.2) is 35.0 Å². The van der Waals surface area contributed by atoms with Gasteiger partial charge >= 0.3 is 0 Å². The van der Waals surface area contributed by atoms with Gasteiger partial charge in [-0.05, 0) is 0 Å². The number of ether oxygens (including phenoxy) is 1. The summed E-state index contributed by atoms with van der Waals surface area (Å²) in [4.78, 5) is 10.3. The van der Waals surface area contributed by atoms with E-state index in [1.807, 2.05) is 0 Å². The fourth-order valence-electron chi connectivity index (χ4n) is 0.511. The van der Waals surface area contributed by atoms with Crippen LogP contribution in [0.2, 0.25) is 0 Å². The summed E-state index contributed by atoms with van der Waals surface area (Å²) >= 11 is 0. The van der Waals surface area contributed by atoms with Crippen LogP contribution in [0.1, 0.15) is 0 Å². The maximum Gasteiger partial charge on any atom is 0.219 e. The molecule has 8 heavy (non-hydrogen) atoms. The molecule has 4 nitrogen and oxygen atoms in total. The van der Waals surface area contributed by atoms with Crippen LogP contribution in [0.25, 0.3) is 0 Å². The van der Waals surface area contributed by atoms with Crippen molar-refractivity contribution in [1.29, 1.82) is 0 Å². The number of rotatable bonds is 0. The molecule has 4 heteroatoms. The summed E-state index contributed by atoms with van der Waals surface area (Å²) in [6.45, 7) is -0.0833. The van der Waals surface area contributed by atoms with E-state index in [1.54, 1.807) is 0 Å². The molecule has 0 unspecified atom stereocenters. The van der Waals surface area contributed by atoms with E-state index in [9.17, 15) is 4.79 Å². The van der Waals surface area contributed by atoms with Gasteiger partial charge in [-0.1, -0.05) is 0 Å². The summed E-state index contributed by atoms with van der Waals surface area (Å²) in [7, 11) is 0. The number of carbonyl (C=O) groups is 1. The van der Waals surface area contributed by atoms with Gasteiger partial charge in [0.2, 0.25) is 12.1 Å². The lowest BCUT2D eigenvalue weighted by atomic mass is 10.3. The lowest BCUT2D eigenvalue weighted by molar-refractivity contribution is -0.141. The van der Waals surface area contributed by atoms with Crippen molar-refractivity contribution in [2.75, 3.05) is 6.61 Å². The van der Waals surface area contributed by atoms with Gasteiger partial charge in [0.25, 0.3) is 0 Å². The number of ketones is 1. The third-order valence-corrected chi connectivity index (χ3v) is 0.984. The monoisotopic (exact) mass is 118 g/mol. The van der Waals surface area contributed by atoms with Crippen molar-refractivity contribution < 1.29 is 19.7 Å². The smallest absolute Gasteiger partial charge is 0.219 e. The SMILES string of the molecule is O=C1[C@@H](O)CO[C@@H]1O. The van der Waals surface area contributed by atoms with Crippen molar-refractivity contribution in [2.45, 2.75) is 12.4 Å². The van der Waals surface area contributed by atoms with E-state index < -0.39 is 18.2 Å². The normalized spacial score (nSPS) is 38.5. The van der Waals surface area contributed by atoms with Crippen LogP contribution in [0.15, 0.2) is 0 Å². The molecule has 2 atom stereocenters. The second kappa shape index (κ2) is 1.81. The zero-order valence-electron chi connectivity index (χ0n) is 4.07. The lowest BCUT2D eigenvalue weighted by Gasteiger charge is -1.93. The van der Waals surface area contributed by atoms with Gasteiger partial charge in [-0.3, -0.25) is 4.79 Å². The molecule has 0 aromatic carbocycles. The van der Waals surface area contributed by atoms with Gasteiger partial charge in [0.1, 0.15) is 6.10 Å². The minimum absolute atomic E-state index is 0.0833. The van der Waals surface area contributed by atoms with Crippen molar-refractivity contribution in [2.24, 2.45) is 0 Å². The van der Waals surface area contributed by atoms with Gasteiger partial charge in [-0.2, -0.15) is 0 Å². The summed E-state index contributed by atoms with van der Waals surface area (Å²) in [6.07, 6.45) is -2.52. The molecule has 46 valence electrons. The molecule has 1 aliphatic rings. The predicted octanol–water partition coefficient (Wildman–Crippen LogP) is -1.74. The first-order chi connectivity index (χ1) is 3.72. The molecular weight excluding hydrogens is 112 g/mol. The zero-order chi connectivity index (χ0) is 6.15. The molecule has 2 N–H and O–H groups in total. The van der Waals surface area contributed by atoms with Crippen molar-refractivity contribution in [3.63, 3.8) is 0 Å². The van der Waals surface area contributed by atoms with Crippen molar-refractivity contribution >= 4 is 5.78 Å². The van der Waals surface area contributed by atoms with Crippen molar-refractivity contribution in [3.8, 4) is 0 Å². The highest BCUT2D eigenvalue weighted by Gasteiger charge is 2.31. The van der Waals surface area contributed by atoms with Crippen LogP contribution in [-0.2, 0) is 9.53 Å². The standard InChI is InChI=1S/C4H6O4/c5-2-1-8-4(7)3(2)6/h2,4-5,7H,1H2/t2-,4-/m0/s1. The minimum Gasteiger partial charge on any atom is -0.383 e. The molecule has 1 aliphatic heterocycles. The number of aliphatic hydroxyl groups excluding tert-OH is 2. The molecule has 0 aromatic heterocycles. The van der Waals surface area contributed by atoms with Crippen molar-refractivity contribution in [1.82, 2.24) is 0 Å². The van der Waals surface area contributed by atoms with Gasteiger partial charge in [0, 0.05) is 0 Å². The van der Waals surface area contributed by atoms with Crippen LogP contribution in [0.3, 0.4) is 0 Å². The summed E-state index contributed by atoms with van der Waals surface area (Å²) in [5, 5.41) is 17.0. The number of hydrogen-bond acceptors (Lipinski definition) is 4. The Morgan fingerprint density at radius 1 is 1.62 bits per heavy atom. The second-order valence-electron chi connectivity index (χ2n) is 1.60.